The maximum Gasteiger partial charge on any atom is 2.00 e. The summed E-state index contributed by atoms with van der Waals surface area (Å²) in [6, 6.07) is 41.3. The molecule has 288 valence electrons. The van der Waals surface area contributed by atoms with Crippen molar-refractivity contribution in [2.75, 3.05) is 0 Å². The quantitative estimate of drug-likeness (QED) is 0.162. The zero-order chi connectivity index (χ0) is 39.3. The smallest absolute Gasteiger partial charge is 0.509 e. The standard InChI is InChI=1S/C50H47N5O.Pt/c1-30-29-51-48(33(4)45(30)54-46-39(19-14-21-41(46)49(5,6)7)40-20-15-22-42(47(40)54)50(8,9)10)53-43-23-12-11-18-37(43)38-25-24-36(28-44(38)53)56-35-17-13-16-34(27-35)55-32(3)26-31(2)52-55;/h11-26,29H,1-10H3;/q-2;+2. The first kappa shape index (κ1) is 38.4. The molecule has 0 saturated carbocycles. The average Bonchev–Trinajstić information content (AvgIpc) is 3.79. The van der Waals surface area contributed by atoms with E-state index in [0.29, 0.717) is 11.5 Å². The summed E-state index contributed by atoms with van der Waals surface area (Å²) in [5.74, 6) is 2.05. The number of fused-ring (bicyclic) bond motifs is 6. The second kappa shape index (κ2) is 13.9. The summed E-state index contributed by atoms with van der Waals surface area (Å²) in [6.07, 6.45) is 2.04. The fourth-order valence-electron chi connectivity index (χ4n) is 8.60. The molecule has 4 heterocycles. The third-order valence-corrected chi connectivity index (χ3v) is 11.1. The molecule has 0 radical (unpaired) electrons. The maximum atomic E-state index is 6.51. The van der Waals surface area contributed by atoms with E-state index < -0.39 is 0 Å². The van der Waals surface area contributed by atoms with Crippen LogP contribution in [0.4, 0.5) is 0 Å². The minimum absolute atomic E-state index is 0. The van der Waals surface area contributed by atoms with Crippen LogP contribution in [0.25, 0.3) is 60.8 Å². The summed E-state index contributed by atoms with van der Waals surface area (Å²) in [4.78, 5) is 5.24. The number of pyridine rings is 1. The molecule has 7 heteroatoms. The molecule has 0 N–H and O–H groups in total. The molecule has 0 unspecified atom stereocenters. The van der Waals surface area contributed by atoms with Gasteiger partial charge in [-0.2, -0.15) is 17.2 Å². The average molecular weight is 929 g/mol. The van der Waals surface area contributed by atoms with E-state index in [0.717, 1.165) is 61.5 Å². The number of aryl methyl sites for hydroxylation is 3. The first-order chi connectivity index (χ1) is 26.7. The Hall–Kier alpha value is -5.45. The predicted octanol–water partition coefficient (Wildman–Crippen LogP) is 12.7. The summed E-state index contributed by atoms with van der Waals surface area (Å²) >= 11 is 0. The summed E-state index contributed by atoms with van der Waals surface area (Å²) in [5.41, 5.74) is 13.1. The topological polar surface area (TPSA) is 49.8 Å². The monoisotopic (exact) mass is 928 g/mol. The fraction of sp³-hybridized carbons (Fsp3) is 0.240. The number of hydrogen-bond donors (Lipinski definition) is 0. The molecule has 6 nitrogen and oxygen atoms in total. The number of nitrogens with zero attached hydrogens (tertiary/aromatic N) is 5. The van der Waals surface area contributed by atoms with E-state index in [1.54, 1.807) is 0 Å². The van der Waals surface area contributed by atoms with Gasteiger partial charge in [-0.1, -0.05) is 102 Å². The van der Waals surface area contributed by atoms with Gasteiger partial charge in [0.15, 0.2) is 0 Å². The van der Waals surface area contributed by atoms with Crippen LogP contribution in [0.2, 0.25) is 0 Å². The summed E-state index contributed by atoms with van der Waals surface area (Å²) in [5, 5.41) is 9.40. The van der Waals surface area contributed by atoms with Gasteiger partial charge in [0.2, 0.25) is 0 Å². The number of benzene rings is 5. The molecule has 0 bridgehead atoms. The first-order valence-corrected chi connectivity index (χ1v) is 19.4. The zero-order valence-electron chi connectivity index (χ0n) is 34.3. The Morgan fingerprint density at radius 2 is 1.23 bits per heavy atom. The summed E-state index contributed by atoms with van der Waals surface area (Å²) < 4.78 is 13.2. The largest absolute Gasteiger partial charge is 2.00 e. The van der Waals surface area contributed by atoms with E-state index in [9.17, 15) is 0 Å². The van der Waals surface area contributed by atoms with Gasteiger partial charge in [-0.15, -0.1) is 35.7 Å². The molecule has 9 rings (SSSR count). The molecule has 57 heavy (non-hydrogen) atoms. The molecule has 4 aromatic heterocycles. The molecule has 0 aliphatic rings. The Morgan fingerprint density at radius 3 is 1.86 bits per heavy atom. The Morgan fingerprint density at radius 1 is 0.614 bits per heavy atom. The van der Waals surface area contributed by atoms with Crippen LogP contribution in [0.3, 0.4) is 0 Å². The second-order valence-electron chi connectivity index (χ2n) is 17.3. The van der Waals surface area contributed by atoms with Gasteiger partial charge in [-0.05, 0) is 78.4 Å². The van der Waals surface area contributed by atoms with Crippen LogP contribution < -0.4 is 4.74 Å². The SMILES string of the molecule is Cc1cc(C)n(-c2[c-]c(Oc3[c-]c4c(cc3)c3ccccc3n4-c3ncc(C)c(-n4c5c(C(C)(C)C)cccc5c5cccc(C(C)(C)C)c54)c3C)ccc2)n1.[Pt+2]. The molecule has 0 amide bonds. The van der Waals surface area contributed by atoms with E-state index in [1.165, 1.54) is 32.9 Å². The van der Waals surface area contributed by atoms with Crippen molar-refractivity contribution in [2.45, 2.75) is 80.1 Å². The van der Waals surface area contributed by atoms with E-state index in [4.69, 9.17) is 9.72 Å². The van der Waals surface area contributed by atoms with Crippen molar-refractivity contribution in [3.8, 4) is 28.7 Å². The Bertz CT molecular complexity index is 2950. The van der Waals surface area contributed by atoms with E-state index >= 15 is 0 Å². The number of ether oxygens (including phenoxy) is 1. The third kappa shape index (κ3) is 6.30. The van der Waals surface area contributed by atoms with Gasteiger partial charge in [0.1, 0.15) is 5.82 Å². The van der Waals surface area contributed by atoms with Gasteiger partial charge in [-0.25, -0.2) is 4.98 Å². The number of para-hydroxylation sites is 3. The van der Waals surface area contributed by atoms with Crippen LogP contribution in [0.1, 0.15) is 75.2 Å². The fourth-order valence-corrected chi connectivity index (χ4v) is 8.60. The molecule has 0 fully saturated rings. The van der Waals surface area contributed by atoms with Crippen LogP contribution in [0.5, 0.6) is 11.5 Å². The van der Waals surface area contributed by atoms with Gasteiger partial charge in [0, 0.05) is 45.2 Å². The minimum Gasteiger partial charge on any atom is -0.509 e. The molecule has 0 aliphatic heterocycles. The Kier molecular flexibility index (Phi) is 9.36. The van der Waals surface area contributed by atoms with Crippen molar-refractivity contribution in [3.63, 3.8) is 0 Å². The molecule has 9 aromatic rings. The van der Waals surface area contributed by atoms with E-state index in [1.807, 2.05) is 49.0 Å². The number of hydrogen-bond acceptors (Lipinski definition) is 3. The second-order valence-corrected chi connectivity index (χ2v) is 17.3. The minimum atomic E-state index is -0.0868. The van der Waals surface area contributed by atoms with Crippen molar-refractivity contribution >= 4 is 43.6 Å². The van der Waals surface area contributed by atoms with Crippen LogP contribution in [0.15, 0.2) is 103 Å². The maximum absolute atomic E-state index is 6.51. The van der Waals surface area contributed by atoms with Crippen LogP contribution >= 0.6 is 0 Å². The van der Waals surface area contributed by atoms with Gasteiger partial charge >= 0.3 is 21.1 Å². The van der Waals surface area contributed by atoms with Crippen LogP contribution in [-0.2, 0) is 31.9 Å². The molecule has 0 atom stereocenters. The van der Waals surface area contributed by atoms with Crippen molar-refractivity contribution in [2.24, 2.45) is 0 Å². The predicted molar refractivity (Wildman–Crippen MR) is 231 cm³/mol. The van der Waals surface area contributed by atoms with Crippen LogP contribution in [-0.4, -0.2) is 23.9 Å². The normalized spacial score (nSPS) is 12.2. The Balaban J connectivity index is 0.00000455. The van der Waals surface area contributed by atoms with E-state index in [2.05, 4.69) is 155 Å². The van der Waals surface area contributed by atoms with Gasteiger partial charge in [0.25, 0.3) is 0 Å². The van der Waals surface area contributed by atoms with Gasteiger partial charge < -0.3 is 13.9 Å². The number of rotatable bonds is 5. The van der Waals surface area contributed by atoms with Gasteiger partial charge in [0.05, 0.1) is 22.4 Å². The molecular weight excluding hydrogens is 882 g/mol. The Labute approximate surface area is 349 Å². The molecule has 0 saturated heterocycles. The van der Waals surface area contributed by atoms with E-state index in [-0.39, 0.29) is 31.9 Å². The summed E-state index contributed by atoms with van der Waals surface area (Å²) in [7, 11) is 0. The third-order valence-electron chi connectivity index (χ3n) is 11.1. The van der Waals surface area contributed by atoms with Crippen molar-refractivity contribution < 1.29 is 25.8 Å². The van der Waals surface area contributed by atoms with Crippen molar-refractivity contribution in [3.05, 3.63) is 149 Å². The van der Waals surface area contributed by atoms with Crippen LogP contribution in [0, 0.1) is 39.8 Å². The summed E-state index contributed by atoms with van der Waals surface area (Å²) in [6.45, 7) is 22.3. The molecule has 0 aliphatic carbocycles. The number of aromatic nitrogens is 5. The van der Waals surface area contributed by atoms with Gasteiger partial charge in [-0.3, -0.25) is 4.68 Å². The molecule has 5 aromatic carbocycles. The zero-order valence-corrected chi connectivity index (χ0v) is 36.5. The first-order valence-electron chi connectivity index (χ1n) is 19.4. The molecule has 0 spiro atoms. The van der Waals surface area contributed by atoms with Crippen molar-refractivity contribution in [1.82, 2.24) is 23.9 Å². The molecular formula is C50H47N5OPt. The van der Waals surface area contributed by atoms with Crippen molar-refractivity contribution in [1.29, 1.82) is 0 Å².